The number of carbonyl (C=O) groups excluding carboxylic acids is 2. The molecule has 3 aromatic rings. The van der Waals surface area contributed by atoms with Crippen LogP contribution in [0, 0.1) is 11.8 Å². The Kier molecular flexibility index (Phi) is 5.76. The van der Waals surface area contributed by atoms with Crippen LogP contribution in [0.5, 0.6) is 0 Å². The van der Waals surface area contributed by atoms with E-state index in [-0.39, 0.29) is 41.8 Å². The predicted octanol–water partition coefficient (Wildman–Crippen LogP) is 4.45. The fourth-order valence-corrected chi connectivity index (χ4v) is 6.37. The number of aromatic amines is 1. The van der Waals surface area contributed by atoms with Crippen molar-refractivity contribution < 1.29 is 9.59 Å². The van der Waals surface area contributed by atoms with E-state index >= 15 is 0 Å². The number of carbonyl (C=O) groups is 2. The normalized spacial score (nSPS) is 27.4. The number of benzene rings is 2. The molecule has 180 valence electrons. The van der Waals surface area contributed by atoms with E-state index in [1.54, 1.807) is 6.20 Å². The van der Waals surface area contributed by atoms with Crippen LogP contribution in [0.2, 0.25) is 0 Å². The van der Waals surface area contributed by atoms with E-state index in [9.17, 15) is 9.59 Å². The zero-order valence-electron chi connectivity index (χ0n) is 19.7. The number of hydrogen-bond donors (Lipinski definition) is 3. The molecule has 3 N–H and O–H groups in total. The SMILES string of the molecule is O=C(N[C@@H]1CCCC[C@@H]1C(=O)N1CC[C@H]2[C@@H](c3ccn[nH]3)Nc3ccccc3[C@H]21)c1ccccc1. The standard InChI is InChI=1S/C28H31N5O2/c34-27(18-8-2-1-3-9-18)31-23-13-7-5-11-20(23)28(35)33-17-15-21-25(24-14-16-29-32-24)30-22-12-6-4-10-19(22)26(21)33/h1-4,6,8-10,12,14,16,20-21,23,25-26,30H,5,7,11,13,15,17H2,(H,29,32)(H,31,34)/t20-,21-,23+,25-,26+/m0/s1. The van der Waals surface area contributed by atoms with E-state index in [1.807, 2.05) is 42.5 Å². The highest BCUT2D eigenvalue weighted by atomic mass is 16.2. The van der Waals surface area contributed by atoms with E-state index in [2.05, 4.69) is 43.9 Å². The number of para-hydroxylation sites is 1. The minimum absolute atomic E-state index is 0.0145. The Hall–Kier alpha value is -3.61. The number of likely N-dealkylation sites (tertiary alicyclic amines) is 1. The van der Waals surface area contributed by atoms with Gasteiger partial charge in [-0.3, -0.25) is 14.7 Å². The monoisotopic (exact) mass is 469 g/mol. The zero-order valence-corrected chi connectivity index (χ0v) is 19.7. The van der Waals surface area contributed by atoms with Crippen LogP contribution in [-0.4, -0.2) is 39.5 Å². The van der Waals surface area contributed by atoms with Crippen LogP contribution in [0.15, 0.2) is 66.9 Å². The maximum Gasteiger partial charge on any atom is 0.251 e. The Morgan fingerprint density at radius 2 is 1.74 bits per heavy atom. The summed E-state index contributed by atoms with van der Waals surface area (Å²) in [6.07, 6.45) is 6.42. The average molecular weight is 470 g/mol. The largest absolute Gasteiger partial charge is 0.376 e. The van der Waals surface area contributed by atoms with Gasteiger partial charge in [0.1, 0.15) is 0 Å². The highest BCUT2D eigenvalue weighted by molar-refractivity contribution is 5.94. The summed E-state index contributed by atoms with van der Waals surface area (Å²) in [4.78, 5) is 29.1. The summed E-state index contributed by atoms with van der Waals surface area (Å²) in [5, 5.41) is 14.2. The topological polar surface area (TPSA) is 90.1 Å². The minimum atomic E-state index is -0.192. The van der Waals surface area contributed by atoms with Gasteiger partial charge in [-0.1, -0.05) is 49.2 Å². The third-order valence-corrected chi connectivity index (χ3v) is 8.04. The lowest BCUT2D eigenvalue weighted by Gasteiger charge is -2.41. The number of H-pyrrole nitrogens is 1. The van der Waals surface area contributed by atoms with Crippen molar-refractivity contribution in [2.24, 2.45) is 11.8 Å². The van der Waals surface area contributed by atoms with Gasteiger partial charge >= 0.3 is 0 Å². The Morgan fingerprint density at radius 1 is 0.943 bits per heavy atom. The number of nitrogens with zero attached hydrogens (tertiary/aromatic N) is 2. The van der Waals surface area contributed by atoms with E-state index in [0.29, 0.717) is 5.56 Å². The highest BCUT2D eigenvalue weighted by Crippen LogP contribution is 2.51. The third-order valence-electron chi connectivity index (χ3n) is 8.04. The second kappa shape index (κ2) is 9.21. The van der Waals surface area contributed by atoms with Gasteiger partial charge in [0.05, 0.1) is 23.7 Å². The summed E-state index contributed by atoms with van der Waals surface area (Å²) < 4.78 is 0. The number of hydrogen-bond acceptors (Lipinski definition) is 4. The molecule has 1 saturated carbocycles. The summed E-state index contributed by atoms with van der Waals surface area (Å²) in [5.41, 5.74) is 3.94. The minimum Gasteiger partial charge on any atom is -0.376 e. The van der Waals surface area contributed by atoms with Gasteiger partial charge in [-0.05, 0) is 49.1 Å². The van der Waals surface area contributed by atoms with Crippen molar-refractivity contribution in [3.8, 4) is 0 Å². The first-order valence-electron chi connectivity index (χ1n) is 12.7. The number of anilines is 1. The molecule has 7 nitrogen and oxygen atoms in total. The number of amides is 2. The molecule has 5 atom stereocenters. The van der Waals surface area contributed by atoms with Gasteiger partial charge in [0, 0.05) is 36.0 Å². The summed E-state index contributed by atoms with van der Waals surface area (Å²) in [6, 6.07) is 19.6. The fraction of sp³-hybridized carbons (Fsp3) is 0.393. The molecule has 2 aliphatic heterocycles. The van der Waals surface area contributed by atoms with Gasteiger partial charge in [0.15, 0.2) is 0 Å². The van der Waals surface area contributed by atoms with Crippen molar-refractivity contribution in [3.63, 3.8) is 0 Å². The van der Waals surface area contributed by atoms with E-state index in [1.165, 1.54) is 5.56 Å². The molecule has 2 aromatic carbocycles. The van der Waals surface area contributed by atoms with Crippen LogP contribution in [0.3, 0.4) is 0 Å². The molecule has 3 heterocycles. The lowest BCUT2D eigenvalue weighted by atomic mass is 9.80. The molecule has 6 rings (SSSR count). The number of aromatic nitrogens is 2. The van der Waals surface area contributed by atoms with Crippen molar-refractivity contribution in [1.82, 2.24) is 20.4 Å². The Labute approximate surface area is 205 Å². The molecule has 2 fully saturated rings. The molecule has 1 aliphatic carbocycles. The number of nitrogens with one attached hydrogen (secondary N) is 3. The van der Waals surface area contributed by atoms with Crippen molar-refractivity contribution >= 4 is 17.5 Å². The van der Waals surface area contributed by atoms with Gasteiger partial charge in [-0.2, -0.15) is 5.10 Å². The molecule has 3 aliphatic rings. The average Bonchev–Trinajstić information content (AvgIpc) is 3.60. The van der Waals surface area contributed by atoms with Crippen molar-refractivity contribution in [1.29, 1.82) is 0 Å². The van der Waals surface area contributed by atoms with Gasteiger partial charge in [0.25, 0.3) is 5.91 Å². The lowest BCUT2D eigenvalue weighted by molar-refractivity contribution is -0.138. The van der Waals surface area contributed by atoms with Crippen LogP contribution in [0.4, 0.5) is 5.69 Å². The Bertz CT molecular complexity index is 1200. The molecule has 1 aromatic heterocycles. The van der Waals surface area contributed by atoms with Crippen molar-refractivity contribution in [3.05, 3.63) is 83.7 Å². The molecule has 0 unspecified atom stereocenters. The molecule has 1 saturated heterocycles. The highest BCUT2D eigenvalue weighted by Gasteiger charge is 2.48. The molecule has 0 bridgehead atoms. The van der Waals surface area contributed by atoms with Crippen LogP contribution in [-0.2, 0) is 4.79 Å². The quantitative estimate of drug-likeness (QED) is 0.526. The second-order valence-electron chi connectivity index (χ2n) is 9.99. The summed E-state index contributed by atoms with van der Waals surface area (Å²) in [7, 11) is 0. The molecule has 2 amide bonds. The zero-order chi connectivity index (χ0) is 23.8. The molecule has 7 heteroatoms. The summed E-state index contributed by atoms with van der Waals surface area (Å²) in [6.45, 7) is 0.727. The van der Waals surface area contributed by atoms with Crippen LogP contribution in [0.25, 0.3) is 0 Å². The van der Waals surface area contributed by atoms with Gasteiger partial charge in [0.2, 0.25) is 5.91 Å². The molecule has 0 radical (unpaired) electrons. The summed E-state index contributed by atoms with van der Waals surface area (Å²) in [5.74, 6) is 0.148. The van der Waals surface area contributed by atoms with Crippen molar-refractivity contribution in [2.75, 3.05) is 11.9 Å². The first kappa shape index (κ1) is 21.9. The maximum absolute atomic E-state index is 14.1. The molecular weight excluding hydrogens is 438 g/mol. The summed E-state index contributed by atoms with van der Waals surface area (Å²) >= 11 is 0. The van der Waals surface area contributed by atoms with E-state index in [4.69, 9.17) is 0 Å². The maximum atomic E-state index is 14.1. The molecule has 35 heavy (non-hydrogen) atoms. The molecular formula is C28H31N5O2. The Morgan fingerprint density at radius 3 is 2.57 bits per heavy atom. The van der Waals surface area contributed by atoms with E-state index in [0.717, 1.165) is 50.0 Å². The first-order chi connectivity index (χ1) is 17.2. The number of fused-ring (bicyclic) bond motifs is 3. The van der Waals surface area contributed by atoms with E-state index < -0.39 is 0 Å². The molecule has 0 spiro atoms. The van der Waals surface area contributed by atoms with Crippen LogP contribution >= 0.6 is 0 Å². The van der Waals surface area contributed by atoms with Gasteiger partial charge < -0.3 is 15.5 Å². The van der Waals surface area contributed by atoms with Gasteiger partial charge in [-0.25, -0.2) is 0 Å². The van der Waals surface area contributed by atoms with Crippen LogP contribution in [0.1, 0.15) is 65.8 Å². The first-order valence-corrected chi connectivity index (χ1v) is 12.7. The van der Waals surface area contributed by atoms with Gasteiger partial charge in [-0.15, -0.1) is 0 Å². The Balaban J connectivity index is 1.27. The number of rotatable bonds is 4. The lowest BCUT2D eigenvalue weighted by Crippen LogP contribution is -2.50. The van der Waals surface area contributed by atoms with Crippen molar-refractivity contribution in [2.45, 2.75) is 50.2 Å². The second-order valence-corrected chi connectivity index (χ2v) is 9.99. The smallest absolute Gasteiger partial charge is 0.251 e. The third kappa shape index (κ3) is 3.99. The van der Waals surface area contributed by atoms with Crippen LogP contribution < -0.4 is 10.6 Å². The fourth-order valence-electron chi connectivity index (χ4n) is 6.37. The predicted molar refractivity (Wildman–Crippen MR) is 134 cm³/mol.